The summed E-state index contributed by atoms with van der Waals surface area (Å²) in [6.45, 7) is 7.05. The molecular weight excluding hydrogens is 244 g/mol. The Kier molecular flexibility index (Phi) is 6.84. The average molecular weight is 270 g/mol. The second-order valence-electron chi connectivity index (χ2n) is 5.18. The Morgan fingerprint density at radius 3 is 2.68 bits per heavy atom. The highest BCUT2D eigenvalue weighted by Crippen LogP contribution is 2.12. The molecule has 1 aliphatic rings. The van der Waals surface area contributed by atoms with Gasteiger partial charge in [-0.15, -0.1) is 0 Å². The molecule has 0 bridgehead atoms. The Balaban J connectivity index is 2.50. The molecule has 3 atom stereocenters. The molecule has 0 saturated carbocycles. The number of rotatable bonds is 7. The highest BCUT2D eigenvalue weighted by atomic mass is 16.5. The molecule has 0 aliphatic carbocycles. The molecule has 19 heavy (non-hydrogen) atoms. The van der Waals surface area contributed by atoms with Crippen LogP contribution in [0.3, 0.4) is 0 Å². The Bertz CT molecular complexity index is 301. The predicted octanol–water partition coefficient (Wildman–Crippen LogP) is 1.22. The molecule has 0 aromatic rings. The van der Waals surface area contributed by atoms with Crippen molar-refractivity contribution in [3.05, 3.63) is 0 Å². The summed E-state index contributed by atoms with van der Waals surface area (Å²) in [5.41, 5.74) is 0. The van der Waals surface area contributed by atoms with Crippen LogP contribution in [0.4, 0.5) is 0 Å². The second kappa shape index (κ2) is 8.15. The zero-order chi connectivity index (χ0) is 14.3. The summed E-state index contributed by atoms with van der Waals surface area (Å²) in [6.07, 6.45) is 3.41. The number of hydrogen-bond donors (Lipinski definition) is 2. The van der Waals surface area contributed by atoms with Crippen LogP contribution in [-0.2, 0) is 14.3 Å². The van der Waals surface area contributed by atoms with Gasteiger partial charge in [-0.05, 0) is 32.2 Å². The maximum absolute atomic E-state index is 12.0. The fraction of sp³-hybridized carbons (Fsp3) is 0.857. The minimum atomic E-state index is -0.529. The van der Waals surface area contributed by atoms with Gasteiger partial charge in [-0.2, -0.15) is 0 Å². The second-order valence-corrected chi connectivity index (χ2v) is 5.18. The fourth-order valence-corrected chi connectivity index (χ4v) is 2.29. The van der Waals surface area contributed by atoms with Gasteiger partial charge in [0.1, 0.15) is 6.04 Å². The van der Waals surface area contributed by atoms with Crippen molar-refractivity contribution in [3.63, 3.8) is 0 Å². The van der Waals surface area contributed by atoms with E-state index in [1.807, 2.05) is 13.8 Å². The monoisotopic (exact) mass is 270 g/mol. The van der Waals surface area contributed by atoms with Crippen LogP contribution in [0.2, 0.25) is 0 Å². The molecule has 0 aromatic heterocycles. The standard InChI is InChI=1S/C14H26N2O3/c1-4-10(3)13(14(18)19-5-2)16-12(17)9-11-7-6-8-15-11/h10-11,13,15H,4-9H2,1-3H3,(H,16,17). The first-order chi connectivity index (χ1) is 9.08. The Morgan fingerprint density at radius 1 is 1.42 bits per heavy atom. The van der Waals surface area contributed by atoms with Crippen LogP contribution in [-0.4, -0.2) is 37.1 Å². The van der Waals surface area contributed by atoms with Crippen molar-refractivity contribution in [2.75, 3.05) is 13.2 Å². The van der Waals surface area contributed by atoms with Gasteiger partial charge in [0.2, 0.25) is 5.91 Å². The molecule has 1 aliphatic heterocycles. The zero-order valence-corrected chi connectivity index (χ0v) is 12.2. The lowest BCUT2D eigenvalue weighted by Crippen LogP contribution is -2.47. The van der Waals surface area contributed by atoms with E-state index in [0.717, 1.165) is 25.8 Å². The van der Waals surface area contributed by atoms with Crippen LogP contribution in [0, 0.1) is 5.92 Å². The number of esters is 1. The van der Waals surface area contributed by atoms with Crippen molar-refractivity contribution in [3.8, 4) is 0 Å². The van der Waals surface area contributed by atoms with Gasteiger partial charge >= 0.3 is 5.97 Å². The van der Waals surface area contributed by atoms with Gasteiger partial charge in [0.25, 0.3) is 0 Å². The van der Waals surface area contributed by atoms with E-state index < -0.39 is 6.04 Å². The number of carbonyl (C=O) groups excluding carboxylic acids is 2. The van der Waals surface area contributed by atoms with Crippen molar-refractivity contribution in [2.24, 2.45) is 5.92 Å². The van der Waals surface area contributed by atoms with E-state index in [-0.39, 0.29) is 23.8 Å². The summed E-state index contributed by atoms with van der Waals surface area (Å²) in [5, 5.41) is 6.11. The number of hydrogen-bond acceptors (Lipinski definition) is 4. The summed E-state index contributed by atoms with van der Waals surface area (Å²) in [7, 11) is 0. The SMILES string of the molecule is CCOC(=O)C(NC(=O)CC1CCCN1)C(C)CC. The molecule has 5 nitrogen and oxygen atoms in total. The van der Waals surface area contributed by atoms with Gasteiger partial charge in [0.15, 0.2) is 0 Å². The molecule has 0 radical (unpaired) electrons. The van der Waals surface area contributed by atoms with Crippen molar-refractivity contribution in [1.29, 1.82) is 0 Å². The first-order valence-corrected chi connectivity index (χ1v) is 7.27. The molecule has 1 amide bonds. The lowest BCUT2D eigenvalue weighted by molar-refractivity contribution is -0.149. The highest BCUT2D eigenvalue weighted by Gasteiger charge is 2.28. The molecule has 0 aromatic carbocycles. The van der Waals surface area contributed by atoms with Crippen molar-refractivity contribution >= 4 is 11.9 Å². The summed E-state index contributed by atoms with van der Waals surface area (Å²) in [4.78, 5) is 23.8. The first kappa shape index (κ1) is 16.0. The number of amides is 1. The third-order valence-corrected chi connectivity index (χ3v) is 3.66. The zero-order valence-electron chi connectivity index (χ0n) is 12.2. The minimum Gasteiger partial charge on any atom is -0.464 e. The van der Waals surface area contributed by atoms with E-state index in [4.69, 9.17) is 4.74 Å². The van der Waals surface area contributed by atoms with Crippen LogP contribution in [0.1, 0.15) is 46.5 Å². The average Bonchev–Trinajstić information content (AvgIpc) is 2.88. The van der Waals surface area contributed by atoms with Crippen LogP contribution in [0.15, 0.2) is 0 Å². The number of carbonyl (C=O) groups is 2. The van der Waals surface area contributed by atoms with Gasteiger partial charge in [-0.25, -0.2) is 4.79 Å². The van der Waals surface area contributed by atoms with Gasteiger partial charge in [0.05, 0.1) is 6.61 Å². The van der Waals surface area contributed by atoms with Crippen LogP contribution in [0.25, 0.3) is 0 Å². The summed E-state index contributed by atoms with van der Waals surface area (Å²) >= 11 is 0. The highest BCUT2D eigenvalue weighted by molar-refractivity contribution is 5.85. The molecule has 3 unspecified atom stereocenters. The normalized spacial score (nSPS) is 21.7. The topological polar surface area (TPSA) is 67.4 Å². The maximum Gasteiger partial charge on any atom is 0.328 e. The van der Waals surface area contributed by atoms with E-state index in [1.54, 1.807) is 6.92 Å². The van der Waals surface area contributed by atoms with Crippen LogP contribution >= 0.6 is 0 Å². The van der Waals surface area contributed by atoms with Crippen molar-refractivity contribution in [1.82, 2.24) is 10.6 Å². The quantitative estimate of drug-likeness (QED) is 0.683. The van der Waals surface area contributed by atoms with Crippen LogP contribution < -0.4 is 10.6 Å². The Labute approximate surface area is 115 Å². The third kappa shape index (κ3) is 5.19. The van der Waals surface area contributed by atoms with Crippen molar-refractivity contribution in [2.45, 2.75) is 58.5 Å². The molecule has 5 heteroatoms. The largest absolute Gasteiger partial charge is 0.464 e. The molecule has 0 spiro atoms. The molecule has 1 rings (SSSR count). The van der Waals surface area contributed by atoms with E-state index in [0.29, 0.717) is 13.0 Å². The fourth-order valence-electron chi connectivity index (χ4n) is 2.29. The summed E-state index contributed by atoms with van der Waals surface area (Å²) < 4.78 is 5.03. The third-order valence-electron chi connectivity index (χ3n) is 3.66. The summed E-state index contributed by atoms with van der Waals surface area (Å²) in [6, 6.07) is -0.279. The molecule has 2 N–H and O–H groups in total. The number of nitrogens with one attached hydrogen (secondary N) is 2. The molecule has 110 valence electrons. The molecule has 1 fully saturated rings. The van der Waals surface area contributed by atoms with E-state index in [1.165, 1.54) is 0 Å². The van der Waals surface area contributed by atoms with E-state index in [2.05, 4.69) is 10.6 Å². The van der Waals surface area contributed by atoms with Crippen LogP contribution in [0.5, 0.6) is 0 Å². The molecular formula is C14H26N2O3. The minimum absolute atomic E-state index is 0.0715. The van der Waals surface area contributed by atoms with Crippen molar-refractivity contribution < 1.29 is 14.3 Å². The first-order valence-electron chi connectivity index (χ1n) is 7.27. The number of ether oxygens (including phenoxy) is 1. The summed E-state index contributed by atoms with van der Waals surface area (Å²) in [5.74, 6) is -0.318. The van der Waals surface area contributed by atoms with Gasteiger partial charge in [-0.3, -0.25) is 4.79 Å². The lowest BCUT2D eigenvalue weighted by Gasteiger charge is -2.23. The maximum atomic E-state index is 12.0. The molecule has 1 saturated heterocycles. The predicted molar refractivity (Wildman–Crippen MR) is 73.7 cm³/mol. The van der Waals surface area contributed by atoms with Gasteiger partial charge in [-0.1, -0.05) is 20.3 Å². The molecule has 1 heterocycles. The van der Waals surface area contributed by atoms with E-state index >= 15 is 0 Å². The lowest BCUT2D eigenvalue weighted by atomic mass is 9.98. The van der Waals surface area contributed by atoms with E-state index in [9.17, 15) is 9.59 Å². The van der Waals surface area contributed by atoms with Gasteiger partial charge < -0.3 is 15.4 Å². The Morgan fingerprint density at radius 2 is 2.16 bits per heavy atom. The smallest absolute Gasteiger partial charge is 0.328 e. The van der Waals surface area contributed by atoms with Gasteiger partial charge in [0, 0.05) is 12.5 Å². The Hall–Kier alpha value is -1.10.